The number of sulfone groups is 1. The highest BCUT2D eigenvalue weighted by Gasteiger charge is 2.29. The molecule has 1 amide bonds. The molecular weight excluding hydrogens is 342 g/mol. The van der Waals surface area contributed by atoms with Crippen molar-refractivity contribution in [1.82, 2.24) is 5.32 Å². The van der Waals surface area contributed by atoms with E-state index in [4.69, 9.17) is 9.47 Å². The summed E-state index contributed by atoms with van der Waals surface area (Å²) >= 11 is 0. The lowest BCUT2D eigenvalue weighted by molar-refractivity contribution is -0.122. The molecule has 0 aromatic heterocycles. The highest BCUT2D eigenvalue weighted by molar-refractivity contribution is 7.91. The van der Waals surface area contributed by atoms with Crippen LogP contribution in [0.4, 0.5) is 0 Å². The van der Waals surface area contributed by atoms with Gasteiger partial charge in [-0.3, -0.25) is 4.79 Å². The molecule has 2 heterocycles. The van der Waals surface area contributed by atoms with Crippen LogP contribution in [-0.4, -0.2) is 38.5 Å². The fourth-order valence-electron chi connectivity index (χ4n) is 3.47. The first-order valence-corrected chi connectivity index (χ1v) is 10.6. The van der Waals surface area contributed by atoms with Crippen LogP contribution in [0.15, 0.2) is 12.1 Å². The van der Waals surface area contributed by atoms with E-state index in [1.165, 1.54) is 0 Å². The molecule has 3 rings (SSSR count). The van der Waals surface area contributed by atoms with Gasteiger partial charge in [-0.05, 0) is 38.3 Å². The molecule has 2 atom stereocenters. The fourth-order valence-corrected chi connectivity index (χ4v) is 5.33. The first kappa shape index (κ1) is 18.0. The average molecular weight is 367 g/mol. The molecule has 138 valence electrons. The van der Waals surface area contributed by atoms with Gasteiger partial charge >= 0.3 is 0 Å². The number of hydrogen-bond acceptors (Lipinski definition) is 5. The van der Waals surface area contributed by atoms with Crippen LogP contribution in [0.2, 0.25) is 0 Å². The summed E-state index contributed by atoms with van der Waals surface area (Å²) in [4.78, 5) is 12.2. The van der Waals surface area contributed by atoms with Gasteiger partial charge in [-0.25, -0.2) is 8.42 Å². The van der Waals surface area contributed by atoms with E-state index in [1.807, 2.05) is 26.0 Å². The Balaban J connectivity index is 1.62. The van der Waals surface area contributed by atoms with E-state index in [-0.39, 0.29) is 35.9 Å². The summed E-state index contributed by atoms with van der Waals surface area (Å²) in [5.74, 6) is 1.74. The molecule has 2 aliphatic rings. The van der Waals surface area contributed by atoms with E-state index in [0.29, 0.717) is 19.6 Å². The number of fused-ring (bicyclic) bond motifs is 1. The van der Waals surface area contributed by atoms with Crippen molar-refractivity contribution in [2.75, 3.05) is 18.1 Å². The predicted molar refractivity (Wildman–Crippen MR) is 94.6 cm³/mol. The first-order valence-electron chi connectivity index (χ1n) is 8.78. The molecule has 7 heteroatoms. The second kappa shape index (κ2) is 7.23. The zero-order valence-electron chi connectivity index (χ0n) is 14.7. The topological polar surface area (TPSA) is 81.7 Å². The van der Waals surface area contributed by atoms with Crippen molar-refractivity contribution in [3.05, 3.63) is 23.3 Å². The van der Waals surface area contributed by atoms with Gasteiger partial charge in [-0.2, -0.15) is 0 Å². The predicted octanol–water partition coefficient (Wildman–Crippen LogP) is 1.85. The lowest BCUT2D eigenvalue weighted by Gasteiger charge is -2.14. The standard InChI is InChI=1S/C18H25NO5S/c1-3-23-16-8-14-6-12(2)24-17(14)9-15(16)10-19-18(20)7-13-4-5-25(21,22)11-13/h8-9,12-13H,3-7,10-11H2,1-2H3,(H,19,20)/t12-,13-/m1/s1. The van der Waals surface area contributed by atoms with Crippen molar-refractivity contribution in [2.24, 2.45) is 5.92 Å². The summed E-state index contributed by atoms with van der Waals surface area (Å²) in [6.07, 6.45) is 1.84. The van der Waals surface area contributed by atoms with Gasteiger partial charge < -0.3 is 14.8 Å². The SMILES string of the molecule is CCOc1cc2c(cc1CNC(=O)C[C@H]1CCS(=O)(=O)C1)O[C@H](C)C2. The number of benzene rings is 1. The Bertz CT molecular complexity index is 759. The Morgan fingerprint density at radius 1 is 1.40 bits per heavy atom. The molecule has 1 saturated heterocycles. The van der Waals surface area contributed by atoms with Crippen molar-refractivity contribution >= 4 is 15.7 Å². The monoisotopic (exact) mass is 367 g/mol. The van der Waals surface area contributed by atoms with Gasteiger partial charge in [0.15, 0.2) is 9.84 Å². The fraction of sp³-hybridized carbons (Fsp3) is 0.611. The van der Waals surface area contributed by atoms with Gasteiger partial charge in [0, 0.05) is 30.5 Å². The zero-order valence-corrected chi connectivity index (χ0v) is 15.5. The second-order valence-electron chi connectivity index (χ2n) is 6.88. The van der Waals surface area contributed by atoms with Gasteiger partial charge in [-0.1, -0.05) is 0 Å². The minimum atomic E-state index is -2.95. The summed E-state index contributed by atoms with van der Waals surface area (Å²) in [6.45, 7) is 4.85. The highest BCUT2D eigenvalue weighted by atomic mass is 32.2. The third-order valence-electron chi connectivity index (χ3n) is 4.66. The Labute approximate surface area is 148 Å². The van der Waals surface area contributed by atoms with E-state index in [9.17, 15) is 13.2 Å². The molecule has 0 bridgehead atoms. The first-order chi connectivity index (χ1) is 11.9. The van der Waals surface area contributed by atoms with Crippen molar-refractivity contribution in [3.63, 3.8) is 0 Å². The minimum Gasteiger partial charge on any atom is -0.494 e. The molecule has 1 aromatic rings. The molecule has 2 aliphatic heterocycles. The number of carbonyl (C=O) groups excluding carboxylic acids is 1. The lowest BCUT2D eigenvalue weighted by atomic mass is 10.0. The van der Waals surface area contributed by atoms with Crippen LogP contribution in [0.25, 0.3) is 0 Å². The Hall–Kier alpha value is -1.76. The Kier molecular flexibility index (Phi) is 5.22. The van der Waals surface area contributed by atoms with Crippen molar-refractivity contribution < 1.29 is 22.7 Å². The van der Waals surface area contributed by atoms with Gasteiger partial charge in [0.1, 0.15) is 17.6 Å². The normalized spacial score (nSPS) is 23.8. The smallest absolute Gasteiger partial charge is 0.220 e. The molecule has 0 radical (unpaired) electrons. The van der Waals surface area contributed by atoms with Crippen LogP contribution in [-0.2, 0) is 27.6 Å². The van der Waals surface area contributed by atoms with E-state index >= 15 is 0 Å². The van der Waals surface area contributed by atoms with Gasteiger partial charge in [0.2, 0.25) is 5.91 Å². The van der Waals surface area contributed by atoms with E-state index in [2.05, 4.69) is 5.32 Å². The third-order valence-corrected chi connectivity index (χ3v) is 6.49. The van der Waals surface area contributed by atoms with Crippen LogP contribution in [0, 0.1) is 5.92 Å². The van der Waals surface area contributed by atoms with E-state index in [0.717, 1.165) is 29.0 Å². The summed E-state index contributed by atoms with van der Waals surface area (Å²) in [6, 6.07) is 3.93. The van der Waals surface area contributed by atoms with Crippen LogP contribution in [0.1, 0.15) is 37.8 Å². The Morgan fingerprint density at radius 2 is 2.20 bits per heavy atom. The maximum atomic E-state index is 12.2. The van der Waals surface area contributed by atoms with Gasteiger partial charge in [0.25, 0.3) is 0 Å². The minimum absolute atomic E-state index is 0.0689. The van der Waals surface area contributed by atoms with Crippen LogP contribution in [0.5, 0.6) is 11.5 Å². The highest BCUT2D eigenvalue weighted by Crippen LogP contribution is 2.35. The molecule has 0 unspecified atom stereocenters. The number of hydrogen-bond donors (Lipinski definition) is 1. The van der Waals surface area contributed by atoms with E-state index < -0.39 is 9.84 Å². The second-order valence-corrected chi connectivity index (χ2v) is 9.11. The summed E-state index contributed by atoms with van der Waals surface area (Å²) < 4.78 is 34.5. The molecule has 1 fully saturated rings. The molecule has 1 aromatic carbocycles. The van der Waals surface area contributed by atoms with Crippen molar-refractivity contribution in [2.45, 2.75) is 45.8 Å². The largest absolute Gasteiger partial charge is 0.494 e. The van der Waals surface area contributed by atoms with Gasteiger partial charge in [0.05, 0.1) is 18.1 Å². The van der Waals surface area contributed by atoms with Crippen LogP contribution < -0.4 is 14.8 Å². The molecule has 25 heavy (non-hydrogen) atoms. The number of ether oxygens (including phenoxy) is 2. The maximum Gasteiger partial charge on any atom is 0.220 e. The Morgan fingerprint density at radius 3 is 2.88 bits per heavy atom. The number of rotatable bonds is 6. The summed E-state index contributed by atoms with van der Waals surface area (Å²) in [5, 5.41) is 2.89. The summed E-state index contributed by atoms with van der Waals surface area (Å²) in [5.41, 5.74) is 2.00. The molecular formula is C18H25NO5S. The van der Waals surface area contributed by atoms with E-state index in [1.54, 1.807) is 0 Å². The van der Waals surface area contributed by atoms with Crippen molar-refractivity contribution in [3.8, 4) is 11.5 Å². The maximum absolute atomic E-state index is 12.2. The number of nitrogens with one attached hydrogen (secondary N) is 1. The molecule has 0 aliphatic carbocycles. The molecule has 0 saturated carbocycles. The molecule has 0 spiro atoms. The van der Waals surface area contributed by atoms with Crippen LogP contribution >= 0.6 is 0 Å². The molecule has 1 N–H and O–H groups in total. The third kappa shape index (κ3) is 4.45. The number of amides is 1. The zero-order chi connectivity index (χ0) is 18.0. The average Bonchev–Trinajstić information content (AvgIpc) is 3.05. The lowest BCUT2D eigenvalue weighted by Crippen LogP contribution is -2.25. The quantitative estimate of drug-likeness (QED) is 0.830. The van der Waals surface area contributed by atoms with Crippen molar-refractivity contribution in [1.29, 1.82) is 0 Å². The molecule has 6 nitrogen and oxygen atoms in total. The van der Waals surface area contributed by atoms with Gasteiger partial charge in [-0.15, -0.1) is 0 Å². The summed E-state index contributed by atoms with van der Waals surface area (Å²) in [7, 11) is -2.95. The van der Waals surface area contributed by atoms with Crippen LogP contribution in [0.3, 0.4) is 0 Å². The number of carbonyl (C=O) groups is 1.